The van der Waals surface area contributed by atoms with Gasteiger partial charge in [-0.1, -0.05) is 46.3 Å². The molecule has 0 radical (unpaired) electrons. The monoisotopic (exact) mass is 552 g/mol. The van der Waals surface area contributed by atoms with Crippen LogP contribution in [0.1, 0.15) is 18.1 Å². The molecule has 0 aliphatic carbocycles. The summed E-state index contributed by atoms with van der Waals surface area (Å²) in [7, 11) is 0. The number of nitrogens with one attached hydrogen (secondary N) is 1. The highest BCUT2D eigenvalue weighted by Crippen LogP contribution is 2.32. The van der Waals surface area contributed by atoms with E-state index in [0.29, 0.717) is 15.9 Å². The fraction of sp³-hybridized carbons (Fsp3) is 0.143. The summed E-state index contributed by atoms with van der Waals surface area (Å²) in [5.74, 6) is 0.288. The Kier molecular flexibility index (Phi) is 6.90. The van der Waals surface area contributed by atoms with Gasteiger partial charge in [0.25, 0.3) is 0 Å². The first-order chi connectivity index (χ1) is 13.5. The van der Waals surface area contributed by atoms with E-state index in [-0.39, 0.29) is 18.1 Å². The molecule has 28 heavy (non-hydrogen) atoms. The number of hydrazone groups is 1. The average Bonchev–Trinajstić information content (AvgIpc) is 2.68. The first kappa shape index (κ1) is 20.6. The van der Waals surface area contributed by atoms with Crippen molar-refractivity contribution in [1.29, 1.82) is 0 Å². The Morgan fingerprint density at radius 3 is 2.75 bits per heavy atom. The van der Waals surface area contributed by atoms with Crippen molar-refractivity contribution in [3.05, 3.63) is 67.7 Å². The molecule has 0 heterocycles. The maximum Gasteiger partial charge on any atom is 0.244 e. The van der Waals surface area contributed by atoms with Crippen LogP contribution in [-0.4, -0.2) is 23.8 Å². The van der Waals surface area contributed by atoms with Crippen LogP contribution >= 0.6 is 38.5 Å². The molecule has 0 spiro atoms. The summed E-state index contributed by atoms with van der Waals surface area (Å²) in [5.41, 5.74) is 4.21. The number of rotatable bonds is 6. The first-order valence-corrected chi connectivity index (χ1v) is 10.5. The zero-order valence-corrected chi connectivity index (χ0v) is 18.8. The highest BCUT2D eigenvalue weighted by Gasteiger charge is 2.10. The number of fused-ring (bicyclic) bond motifs is 1. The normalized spacial score (nSPS) is 11.1. The molecule has 0 aliphatic heterocycles. The number of halogens is 2. The SMILES string of the molecule is CCOc1cc(/C=N\NC(=O)Cc2ccc(Br)c3ccccc23)cc(I)c1O. The molecule has 0 aliphatic rings. The lowest BCUT2D eigenvalue weighted by Gasteiger charge is -2.09. The van der Waals surface area contributed by atoms with Crippen molar-refractivity contribution in [1.82, 2.24) is 5.43 Å². The molecule has 0 unspecified atom stereocenters. The molecule has 1 amide bonds. The van der Waals surface area contributed by atoms with E-state index in [2.05, 4.69) is 26.5 Å². The number of ether oxygens (including phenoxy) is 1. The number of carbonyl (C=O) groups excluding carboxylic acids is 1. The van der Waals surface area contributed by atoms with Crippen molar-refractivity contribution >= 4 is 61.4 Å². The number of carbonyl (C=O) groups is 1. The van der Waals surface area contributed by atoms with Crippen LogP contribution in [0.2, 0.25) is 0 Å². The second-order valence-corrected chi connectivity index (χ2v) is 8.02. The molecule has 7 heteroatoms. The van der Waals surface area contributed by atoms with E-state index >= 15 is 0 Å². The van der Waals surface area contributed by atoms with E-state index in [1.165, 1.54) is 6.21 Å². The van der Waals surface area contributed by atoms with E-state index in [1.54, 1.807) is 12.1 Å². The Morgan fingerprint density at radius 1 is 1.25 bits per heavy atom. The van der Waals surface area contributed by atoms with Crippen molar-refractivity contribution in [2.45, 2.75) is 13.3 Å². The van der Waals surface area contributed by atoms with Gasteiger partial charge in [-0.3, -0.25) is 4.79 Å². The molecular formula is C21H18BrIN2O3. The lowest BCUT2D eigenvalue weighted by molar-refractivity contribution is -0.120. The number of hydrogen-bond acceptors (Lipinski definition) is 4. The molecule has 0 bridgehead atoms. The molecule has 0 saturated heterocycles. The predicted octanol–water partition coefficient (Wildman–Crippen LogP) is 5.00. The number of hydrogen-bond donors (Lipinski definition) is 2. The summed E-state index contributed by atoms with van der Waals surface area (Å²) >= 11 is 5.56. The lowest BCUT2D eigenvalue weighted by atomic mass is 10.0. The second-order valence-electron chi connectivity index (χ2n) is 6.00. The molecule has 144 valence electrons. The molecule has 5 nitrogen and oxygen atoms in total. The average molecular weight is 553 g/mol. The van der Waals surface area contributed by atoms with Crippen molar-refractivity contribution in [2.75, 3.05) is 6.61 Å². The van der Waals surface area contributed by atoms with E-state index in [9.17, 15) is 9.90 Å². The zero-order chi connectivity index (χ0) is 20.1. The largest absolute Gasteiger partial charge is 0.504 e. The number of amides is 1. The molecule has 3 rings (SSSR count). The van der Waals surface area contributed by atoms with Gasteiger partial charge >= 0.3 is 0 Å². The topological polar surface area (TPSA) is 70.9 Å². The molecule has 3 aromatic rings. The Bertz CT molecular complexity index is 1050. The van der Waals surface area contributed by atoms with Crippen molar-refractivity contribution < 1.29 is 14.6 Å². The van der Waals surface area contributed by atoms with Gasteiger partial charge in [0, 0.05) is 4.47 Å². The van der Waals surface area contributed by atoms with Gasteiger partial charge in [-0.05, 0) is 69.6 Å². The fourth-order valence-electron chi connectivity index (χ4n) is 2.80. The third-order valence-corrected chi connectivity index (χ3v) is 5.58. The molecule has 3 aromatic carbocycles. The van der Waals surface area contributed by atoms with Crippen LogP contribution in [-0.2, 0) is 11.2 Å². The zero-order valence-electron chi connectivity index (χ0n) is 15.1. The highest BCUT2D eigenvalue weighted by molar-refractivity contribution is 14.1. The van der Waals surface area contributed by atoms with Crippen LogP contribution in [0.15, 0.2) is 58.1 Å². The third kappa shape index (κ3) is 4.82. The van der Waals surface area contributed by atoms with Gasteiger partial charge in [0.15, 0.2) is 11.5 Å². The van der Waals surface area contributed by atoms with Crippen LogP contribution < -0.4 is 10.2 Å². The minimum atomic E-state index is -0.206. The van der Waals surface area contributed by atoms with Gasteiger partial charge in [-0.2, -0.15) is 5.10 Å². The summed E-state index contributed by atoms with van der Waals surface area (Å²) in [6.45, 7) is 2.29. The number of phenols is 1. The Labute approximate surface area is 185 Å². The van der Waals surface area contributed by atoms with Gasteiger partial charge in [0.2, 0.25) is 5.91 Å². The summed E-state index contributed by atoms with van der Waals surface area (Å²) < 4.78 is 7.06. The van der Waals surface area contributed by atoms with Gasteiger partial charge in [0.05, 0.1) is 22.8 Å². The number of aromatic hydroxyl groups is 1. The highest BCUT2D eigenvalue weighted by atomic mass is 127. The van der Waals surface area contributed by atoms with Crippen LogP contribution in [0.25, 0.3) is 10.8 Å². The number of phenolic OH excluding ortho intramolecular Hbond substituents is 1. The Balaban J connectivity index is 1.71. The summed E-state index contributed by atoms with van der Waals surface area (Å²) in [4.78, 5) is 12.3. The molecule has 0 fully saturated rings. The molecular weight excluding hydrogens is 535 g/mol. The van der Waals surface area contributed by atoms with Gasteiger partial charge in [-0.25, -0.2) is 5.43 Å². The summed E-state index contributed by atoms with van der Waals surface area (Å²) in [6, 6.07) is 15.3. The van der Waals surface area contributed by atoms with E-state index in [1.807, 2.05) is 65.9 Å². The predicted molar refractivity (Wildman–Crippen MR) is 123 cm³/mol. The van der Waals surface area contributed by atoms with Crippen LogP contribution in [0.3, 0.4) is 0 Å². The molecule has 0 atom stereocenters. The van der Waals surface area contributed by atoms with E-state index in [0.717, 1.165) is 26.4 Å². The fourth-order valence-corrected chi connectivity index (χ4v) is 3.91. The Hall–Kier alpha value is -2.13. The van der Waals surface area contributed by atoms with Crippen LogP contribution in [0.5, 0.6) is 11.5 Å². The summed E-state index contributed by atoms with van der Waals surface area (Å²) in [5, 5.41) is 16.1. The van der Waals surface area contributed by atoms with E-state index in [4.69, 9.17) is 4.74 Å². The maximum atomic E-state index is 12.3. The Morgan fingerprint density at radius 2 is 2.00 bits per heavy atom. The molecule has 2 N–H and O–H groups in total. The number of benzene rings is 3. The van der Waals surface area contributed by atoms with Crippen LogP contribution in [0.4, 0.5) is 0 Å². The second kappa shape index (κ2) is 9.38. The van der Waals surface area contributed by atoms with E-state index < -0.39 is 0 Å². The molecule has 0 aromatic heterocycles. The van der Waals surface area contributed by atoms with Gasteiger partial charge < -0.3 is 9.84 Å². The molecule has 0 saturated carbocycles. The van der Waals surface area contributed by atoms with Gasteiger partial charge in [-0.15, -0.1) is 0 Å². The van der Waals surface area contributed by atoms with Crippen molar-refractivity contribution in [3.8, 4) is 11.5 Å². The summed E-state index contributed by atoms with van der Waals surface area (Å²) in [6.07, 6.45) is 1.75. The third-order valence-electron chi connectivity index (χ3n) is 4.07. The van der Waals surface area contributed by atoms with Crippen LogP contribution in [0, 0.1) is 3.57 Å². The standard InChI is InChI=1S/C21H18BrIN2O3/c1-2-28-19-10-13(9-18(23)21(19)27)12-24-25-20(26)11-14-7-8-17(22)16-6-4-3-5-15(14)16/h3-10,12,27H,2,11H2,1H3,(H,25,26)/b24-12-. The smallest absolute Gasteiger partial charge is 0.244 e. The van der Waals surface area contributed by atoms with Crippen molar-refractivity contribution in [3.63, 3.8) is 0 Å². The number of nitrogens with zero attached hydrogens (tertiary/aromatic N) is 1. The van der Waals surface area contributed by atoms with Crippen molar-refractivity contribution in [2.24, 2.45) is 5.10 Å². The maximum absolute atomic E-state index is 12.3. The lowest BCUT2D eigenvalue weighted by Crippen LogP contribution is -2.20. The minimum absolute atomic E-state index is 0.103. The quantitative estimate of drug-likeness (QED) is 0.257. The van der Waals surface area contributed by atoms with Gasteiger partial charge in [0.1, 0.15) is 0 Å². The first-order valence-electron chi connectivity index (χ1n) is 8.63. The minimum Gasteiger partial charge on any atom is -0.504 e.